The zero-order valence-electron chi connectivity index (χ0n) is 13.1. The quantitative estimate of drug-likeness (QED) is 0.802. The predicted molar refractivity (Wildman–Crippen MR) is 89.8 cm³/mol. The van der Waals surface area contributed by atoms with Gasteiger partial charge in [-0.05, 0) is 37.1 Å². The molecular weight excluding hydrogens is 315 g/mol. The lowest BCUT2D eigenvalue weighted by molar-refractivity contribution is -0.682. The SMILES string of the molecule is C[C@H]([NH2+]CC(=O)NCCc1ccccc1F)c1ccc(Cl)cc1. The van der Waals surface area contributed by atoms with E-state index in [1.165, 1.54) is 6.07 Å². The first kappa shape index (κ1) is 17.4. The number of quaternary nitrogens is 1. The van der Waals surface area contributed by atoms with Crippen LogP contribution in [-0.4, -0.2) is 19.0 Å². The second-order valence-corrected chi connectivity index (χ2v) is 5.91. The van der Waals surface area contributed by atoms with E-state index in [1.54, 1.807) is 18.2 Å². The molecule has 0 aliphatic rings. The molecule has 5 heteroatoms. The molecule has 0 spiro atoms. The van der Waals surface area contributed by atoms with Crippen LogP contribution in [-0.2, 0) is 11.2 Å². The zero-order valence-corrected chi connectivity index (χ0v) is 13.8. The van der Waals surface area contributed by atoms with Crippen molar-refractivity contribution in [3.8, 4) is 0 Å². The molecule has 0 bridgehead atoms. The number of rotatable bonds is 7. The van der Waals surface area contributed by atoms with Crippen molar-refractivity contribution in [2.75, 3.05) is 13.1 Å². The van der Waals surface area contributed by atoms with Gasteiger partial charge < -0.3 is 10.6 Å². The number of hydrogen-bond acceptors (Lipinski definition) is 1. The van der Waals surface area contributed by atoms with Crippen molar-refractivity contribution in [3.05, 3.63) is 70.5 Å². The van der Waals surface area contributed by atoms with E-state index in [4.69, 9.17) is 11.6 Å². The van der Waals surface area contributed by atoms with Gasteiger partial charge in [-0.2, -0.15) is 0 Å². The second-order valence-electron chi connectivity index (χ2n) is 5.47. The van der Waals surface area contributed by atoms with E-state index < -0.39 is 0 Å². The average Bonchev–Trinajstić information content (AvgIpc) is 2.55. The maximum Gasteiger partial charge on any atom is 0.275 e. The van der Waals surface area contributed by atoms with Crippen LogP contribution < -0.4 is 10.6 Å². The molecular formula is C18H21ClFN2O+. The molecule has 1 amide bonds. The number of hydrogen-bond donors (Lipinski definition) is 2. The molecule has 0 radical (unpaired) electrons. The fourth-order valence-corrected chi connectivity index (χ4v) is 2.42. The van der Waals surface area contributed by atoms with E-state index >= 15 is 0 Å². The lowest BCUT2D eigenvalue weighted by Gasteiger charge is -2.11. The summed E-state index contributed by atoms with van der Waals surface area (Å²) in [4.78, 5) is 11.9. The topological polar surface area (TPSA) is 45.7 Å². The molecule has 2 aromatic rings. The molecule has 0 fully saturated rings. The van der Waals surface area contributed by atoms with Crippen molar-refractivity contribution in [3.63, 3.8) is 0 Å². The molecule has 2 rings (SSSR count). The van der Waals surface area contributed by atoms with Gasteiger partial charge in [-0.15, -0.1) is 0 Å². The molecule has 0 saturated heterocycles. The van der Waals surface area contributed by atoms with E-state index in [0.717, 1.165) is 5.56 Å². The fourth-order valence-electron chi connectivity index (χ4n) is 2.30. The summed E-state index contributed by atoms with van der Waals surface area (Å²) in [5.74, 6) is -0.285. The van der Waals surface area contributed by atoms with E-state index in [0.29, 0.717) is 30.1 Å². The number of carbonyl (C=O) groups is 1. The highest BCUT2D eigenvalue weighted by molar-refractivity contribution is 6.30. The number of halogens is 2. The van der Waals surface area contributed by atoms with Gasteiger partial charge in [0.25, 0.3) is 5.91 Å². The smallest absolute Gasteiger partial charge is 0.275 e. The number of carbonyl (C=O) groups excluding carboxylic acids is 1. The lowest BCUT2D eigenvalue weighted by atomic mass is 10.1. The molecule has 2 aromatic carbocycles. The predicted octanol–water partition coefficient (Wildman–Crippen LogP) is 2.46. The summed E-state index contributed by atoms with van der Waals surface area (Å²) in [6.45, 7) is 2.81. The van der Waals surface area contributed by atoms with Crippen molar-refractivity contribution in [2.24, 2.45) is 0 Å². The molecule has 0 aliphatic carbocycles. The number of benzene rings is 2. The molecule has 0 aromatic heterocycles. The minimum Gasteiger partial charge on any atom is -0.351 e. The summed E-state index contributed by atoms with van der Waals surface area (Å²) in [7, 11) is 0. The van der Waals surface area contributed by atoms with E-state index in [9.17, 15) is 9.18 Å². The molecule has 0 heterocycles. The molecule has 0 aliphatic heterocycles. The van der Waals surface area contributed by atoms with Crippen molar-refractivity contribution >= 4 is 17.5 Å². The molecule has 3 N–H and O–H groups in total. The highest BCUT2D eigenvalue weighted by Crippen LogP contribution is 2.13. The Morgan fingerprint density at radius 3 is 2.61 bits per heavy atom. The minimum absolute atomic E-state index is 0.0536. The largest absolute Gasteiger partial charge is 0.351 e. The Balaban J connectivity index is 1.71. The summed E-state index contributed by atoms with van der Waals surface area (Å²) >= 11 is 5.86. The highest BCUT2D eigenvalue weighted by Gasteiger charge is 2.11. The van der Waals surface area contributed by atoms with Crippen LogP contribution in [0.15, 0.2) is 48.5 Å². The normalized spacial score (nSPS) is 12.0. The van der Waals surface area contributed by atoms with Crippen LogP contribution in [0.25, 0.3) is 0 Å². The van der Waals surface area contributed by atoms with E-state index in [1.807, 2.05) is 36.5 Å². The highest BCUT2D eigenvalue weighted by atomic mass is 35.5. The Hall–Kier alpha value is -1.91. The van der Waals surface area contributed by atoms with E-state index in [-0.39, 0.29) is 17.8 Å². The van der Waals surface area contributed by atoms with Gasteiger partial charge in [-0.1, -0.05) is 41.9 Å². The number of nitrogens with two attached hydrogens (primary N) is 1. The van der Waals surface area contributed by atoms with Crippen LogP contribution in [0, 0.1) is 5.82 Å². The van der Waals surface area contributed by atoms with Crippen molar-refractivity contribution in [2.45, 2.75) is 19.4 Å². The number of nitrogens with one attached hydrogen (secondary N) is 1. The summed E-state index contributed by atoms with van der Waals surface area (Å²) in [5.41, 5.74) is 1.74. The first-order chi connectivity index (χ1) is 11.1. The van der Waals surface area contributed by atoms with Gasteiger partial charge in [0.1, 0.15) is 11.9 Å². The Bertz CT molecular complexity index is 646. The van der Waals surface area contributed by atoms with Crippen LogP contribution in [0.3, 0.4) is 0 Å². The van der Waals surface area contributed by atoms with Crippen LogP contribution in [0.5, 0.6) is 0 Å². The van der Waals surface area contributed by atoms with Gasteiger partial charge in [-0.3, -0.25) is 4.79 Å². The maximum absolute atomic E-state index is 13.5. The first-order valence-corrected chi connectivity index (χ1v) is 8.03. The summed E-state index contributed by atoms with van der Waals surface area (Å²) < 4.78 is 13.5. The minimum atomic E-state index is -0.232. The number of amides is 1. The van der Waals surface area contributed by atoms with Gasteiger partial charge in [0.05, 0.1) is 0 Å². The molecule has 1 atom stereocenters. The van der Waals surface area contributed by atoms with Crippen LogP contribution in [0.2, 0.25) is 5.02 Å². The van der Waals surface area contributed by atoms with Gasteiger partial charge in [0.15, 0.2) is 6.54 Å². The van der Waals surface area contributed by atoms with Crippen molar-refractivity contribution in [1.29, 1.82) is 0 Å². The monoisotopic (exact) mass is 335 g/mol. The molecule has 0 unspecified atom stereocenters. The first-order valence-electron chi connectivity index (χ1n) is 7.65. The Morgan fingerprint density at radius 2 is 1.91 bits per heavy atom. The second kappa shape index (κ2) is 8.65. The Kier molecular flexibility index (Phi) is 6.56. The Labute approximate surface area is 140 Å². The third-order valence-electron chi connectivity index (χ3n) is 3.73. The fraction of sp³-hybridized carbons (Fsp3) is 0.278. The average molecular weight is 336 g/mol. The summed E-state index contributed by atoms with van der Waals surface area (Å²) in [5, 5.41) is 5.48. The summed E-state index contributed by atoms with van der Waals surface area (Å²) in [6.07, 6.45) is 0.491. The standard InChI is InChI=1S/C18H20ClFN2O/c1-13(14-6-8-16(19)9-7-14)22-12-18(23)21-11-10-15-4-2-3-5-17(15)20/h2-9,13,22H,10-12H2,1H3,(H,21,23)/p+1/t13-/m0/s1. The van der Waals surface area contributed by atoms with Crippen LogP contribution in [0.1, 0.15) is 24.1 Å². The maximum atomic E-state index is 13.5. The van der Waals surface area contributed by atoms with Gasteiger partial charge in [-0.25, -0.2) is 4.39 Å². The van der Waals surface area contributed by atoms with Gasteiger partial charge in [0.2, 0.25) is 0 Å². The van der Waals surface area contributed by atoms with Crippen molar-refractivity contribution in [1.82, 2.24) is 5.32 Å². The molecule has 3 nitrogen and oxygen atoms in total. The van der Waals surface area contributed by atoms with Crippen molar-refractivity contribution < 1.29 is 14.5 Å². The Morgan fingerprint density at radius 1 is 1.22 bits per heavy atom. The van der Waals surface area contributed by atoms with Crippen LogP contribution in [0.4, 0.5) is 4.39 Å². The zero-order chi connectivity index (χ0) is 16.7. The van der Waals surface area contributed by atoms with Crippen LogP contribution >= 0.6 is 11.6 Å². The summed E-state index contributed by atoms with van der Waals surface area (Å²) in [6, 6.07) is 14.4. The molecule has 122 valence electrons. The molecule has 23 heavy (non-hydrogen) atoms. The van der Waals surface area contributed by atoms with E-state index in [2.05, 4.69) is 5.32 Å². The van der Waals surface area contributed by atoms with Gasteiger partial charge >= 0.3 is 0 Å². The third kappa shape index (κ3) is 5.66. The van der Waals surface area contributed by atoms with Gasteiger partial charge in [0, 0.05) is 17.1 Å². The molecule has 0 saturated carbocycles. The lowest BCUT2D eigenvalue weighted by Crippen LogP contribution is -2.87. The third-order valence-corrected chi connectivity index (χ3v) is 3.98.